The first kappa shape index (κ1) is 17.7. The summed E-state index contributed by atoms with van der Waals surface area (Å²) in [6.45, 7) is 4.12. The average molecular weight is 375 g/mol. The number of hydrogen-bond acceptors (Lipinski definition) is 5. The zero-order chi connectivity index (χ0) is 18.3. The van der Waals surface area contributed by atoms with Crippen LogP contribution in [-0.4, -0.2) is 32.7 Å². The minimum Gasteiger partial charge on any atom is -0.356 e. The molecule has 0 N–H and O–H groups in total. The molecule has 0 bridgehead atoms. The fourth-order valence-electron chi connectivity index (χ4n) is 3.40. The fourth-order valence-corrected chi connectivity index (χ4v) is 3.74. The van der Waals surface area contributed by atoms with Crippen LogP contribution < -0.4 is 4.90 Å². The summed E-state index contributed by atoms with van der Waals surface area (Å²) in [6, 6.07) is 8.14. The fraction of sp³-hybridized carbons (Fsp3) is 0.550. The highest BCUT2D eigenvalue weighted by molar-refractivity contribution is 7.85. The van der Waals surface area contributed by atoms with E-state index in [1.807, 2.05) is 18.2 Å². The first-order chi connectivity index (χ1) is 12.4. The van der Waals surface area contributed by atoms with Crippen LogP contribution in [0.15, 0.2) is 24.3 Å². The minimum atomic E-state index is -3.49. The lowest BCUT2D eigenvalue weighted by atomic mass is 10.1. The number of hydrogen-bond donors (Lipinski definition) is 0. The van der Waals surface area contributed by atoms with Crippen molar-refractivity contribution in [2.45, 2.75) is 39.2 Å². The van der Waals surface area contributed by atoms with Gasteiger partial charge in [-0.15, -0.1) is 0 Å². The SMILES string of the molecule is Cc1cccc2cc(COS(C)(=O)=O)c(N(CC3CC3)CC3CC3)nc12. The highest BCUT2D eigenvalue weighted by Gasteiger charge is 2.31. The van der Waals surface area contributed by atoms with Gasteiger partial charge in [0, 0.05) is 24.0 Å². The zero-order valence-electron chi connectivity index (χ0n) is 15.4. The molecule has 2 aliphatic carbocycles. The van der Waals surface area contributed by atoms with Crippen LogP contribution in [-0.2, 0) is 20.9 Å². The summed E-state index contributed by atoms with van der Waals surface area (Å²) in [6.07, 6.45) is 6.22. The molecule has 2 aromatic rings. The Kier molecular flexibility index (Phi) is 4.65. The third kappa shape index (κ3) is 4.35. The molecule has 1 heterocycles. The normalized spacial score (nSPS) is 17.6. The van der Waals surface area contributed by atoms with Gasteiger partial charge in [-0.1, -0.05) is 18.2 Å². The van der Waals surface area contributed by atoms with Gasteiger partial charge in [0.2, 0.25) is 0 Å². The summed E-state index contributed by atoms with van der Waals surface area (Å²) in [5.41, 5.74) is 2.98. The highest BCUT2D eigenvalue weighted by Crippen LogP contribution is 2.37. The molecule has 140 valence electrons. The number of para-hydroxylation sites is 1. The second-order valence-corrected chi connectivity index (χ2v) is 9.52. The van der Waals surface area contributed by atoms with Crippen LogP contribution in [0.4, 0.5) is 5.82 Å². The summed E-state index contributed by atoms with van der Waals surface area (Å²) in [7, 11) is -3.49. The predicted octanol–water partition coefficient (Wildman–Crippen LogP) is 3.65. The summed E-state index contributed by atoms with van der Waals surface area (Å²) < 4.78 is 28.2. The van der Waals surface area contributed by atoms with E-state index in [-0.39, 0.29) is 6.61 Å². The number of anilines is 1. The van der Waals surface area contributed by atoms with Crippen LogP contribution in [0, 0.1) is 18.8 Å². The standard InChI is InChI=1S/C20H26N2O3S/c1-14-4-3-5-17-10-18(13-25-26(2,23)24)20(21-19(14)17)22(11-15-6-7-15)12-16-8-9-16/h3-5,10,15-16H,6-9,11-13H2,1-2H3. The maximum atomic E-state index is 11.5. The molecule has 2 fully saturated rings. The first-order valence-corrected chi connectivity index (χ1v) is 11.2. The lowest BCUT2D eigenvalue weighted by molar-refractivity contribution is 0.311. The third-order valence-electron chi connectivity index (χ3n) is 5.18. The Bertz CT molecular complexity index is 904. The minimum absolute atomic E-state index is 0.0386. The number of benzene rings is 1. The van der Waals surface area contributed by atoms with Crippen LogP contribution in [0.1, 0.15) is 36.8 Å². The monoisotopic (exact) mass is 374 g/mol. The maximum Gasteiger partial charge on any atom is 0.264 e. The molecule has 0 atom stereocenters. The summed E-state index contributed by atoms with van der Waals surface area (Å²) in [5.74, 6) is 2.38. The largest absolute Gasteiger partial charge is 0.356 e. The van der Waals surface area contributed by atoms with Gasteiger partial charge in [-0.2, -0.15) is 8.42 Å². The van der Waals surface area contributed by atoms with Gasteiger partial charge < -0.3 is 4.90 Å². The van der Waals surface area contributed by atoms with Crippen LogP contribution in [0.25, 0.3) is 10.9 Å². The van der Waals surface area contributed by atoms with E-state index >= 15 is 0 Å². The molecular weight excluding hydrogens is 348 g/mol. The molecule has 0 amide bonds. The molecule has 0 saturated heterocycles. The van der Waals surface area contributed by atoms with Crippen molar-refractivity contribution in [3.05, 3.63) is 35.4 Å². The topological polar surface area (TPSA) is 59.5 Å². The molecule has 5 nitrogen and oxygen atoms in total. The molecule has 2 aliphatic rings. The van der Waals surface area contributed by atoms with Crippen LogP contribution in [0.2, 0.25) is 0 Å². The van der Waals surface area contributed by atoms with Crippen molar-refractivity contribution < 1.29 is 12.6 Å². The molecule has 6 heteroatoms. The Morgan fingerprint density at radius 2 is 1.81 bits per heavy atom. The number of fused-ring (bicyclic) bond motifs is 1. The number of pyridine rings is 1. The van der Waals surface area contributed by atoms with E-state index in [0.29, 0.717) is 0 Å². The van der Waals surface area contributed by atoms with E-state index in [9.17, 15) is 8.42 Å². The number of rotatable bonds is 8. The smallest absolute Gasteiger partial charge is 0.264 e. The van der Waals surface area contributed by atoms with Crippen LogP contribution in [0.5, 0.6) is 0 Å². The first-order valence-electron chi connectivity index (χ1n) is 9.37. The number of aromatic nitrogens is 1. The number of nitrogens with zero attached hydrogens (tertiary/aromatic N) is 2. The van der Waals surface area contributed by atoms with E-state index in [0.717, 1.165) is 59.0 Å². The van der Waals surface area contributed by atoms with E-state index in [1.54, 1.807) is 0 Å². The lowest BCUT2D eigenvalue weighted by Crippen LogP contribution is -2.30. The van der Waals surface area contributed by atoms with Crippen molar-refractivity contribution in [1.29, 1.82) is 0 Å². The van der Waals surface area contributed by atoms with Gasteiger partial charge in [-0.3, -0.25) is 4.18 Å². The van der Waals surface area contributed by atoms with Gasteiger partial charge >= 0.3 is 0 Å². The van der Waals surface area contributed by atoms with E-state index in [1.165, 1.54) is 25.7 Å². The van der Waals surface area contributed by atoms with Gasteiger partial charge in [0.15, 0.2) is 0 Å². The summed E-state index contributed by atoms with van der Waals surface area (Å²) >= 11 is 0. The second-order valence-electron chi connectivity index (χ2n) is 7.88. The molecule has 0 spiro atoms. The molecule has 0 unspecified atom stereocenters. The van der Waals surface area contributed by atoms with Crippen molar-refractivity contribution in [3.8, 4) is 0 Å². The Hall–Kier alpha value is -1.66. The molecule has 0 radical (unpaired) electrons. The quantitative estimate of drug-likeness (QED) is 0.660. The molecular formula is C20H26N2O3S. The Balaban J connectivity index is 1.75. The molecule has 4 rings (SSSR count). The van der Waals surface area contributed by atoms with Crippen LogP contribution >= 0.6 is 0 Å². The zero-order valence-corrected chi connectivity index (χ0v) is 16.3. The van der Waals surface area contributed by atoms with Gasteiger partial charge in [-0.05, 0) is 56.1 Å². The van der Waals surface area contributed by atoms with Gasteiger partial charge in [0.05, 0.1) is 18.4 Å². The Labute approximate surface area is 155 Å². The van der Waals surface area contributed by atoms with Crippen molar-refractivity contribution in [2.24, 2.45) is 11.8 Å². The van der Waals surface area contributed by atoms with Crippen molar-refractivity contribution in [1.82, 2.24) is 4.98 Å². The molecule has 2 saturated carbocycles. The highest BCUT2D eigenvalue weighted by atomic mass is 32.2. The Morgan fingerprint density at radius 1 is 1.15 bits per heavy atom. The molecule has 26 heavy (non-hydrogen) atoms. The molecule has 1 aromatic carbocycles. The van der Waals surface area contributed by atoms with Crippen LogP contribution in [0.3, 0.4) is 0 Å². The van der Waals surface area contributed by atoms with E-state index < -0.39 is 10.1 Å². The van der Waals surface area contributed by atoms with Crippen molar-refractivity contribution >= 4 is 26.8 Å². The average Bonchev–Trinajstić information content (AvgIpc) is 3.47. The maximum absolute atomic E-state index is 11.5. The number of aryl methyl sites for hydroxylation is 1. The van der Waals surface area contributed by atoms with Crippen molar-refractivity contribution in [2.75, 3.05) is 24.2 Å². The summed E-state index contributed by atoms with van der Waals surface area (Å²) in [4.78, 5) is 7.37. The van der Waals surface area contributed by atoms with Gasteiger partial charge in [0.1, 0.15) is 5.82 Å². The lowest BCUT2D eigenvalue weighted by Gasteiger charge is -2.26. The van der Waals surface area contributed by atoms with Gasteiger partial charge in [-0.25, -0.2) is 4.98 Å². The third-order valence-corrected chi connectivity index (χ3v) is 5.73. The van der Waals surface area contributed by atoms with E-state index in [4.69, 9.17) is 9.17 Å². The summed E-state index contributed by atoms with van der Waals surface area (Å²) in [5, 5.41) is 1.03. The molecule has 0 aliphatic heterocycles. The second kappa shape index (κ2) is 6.82. The predicted molar refractivity (Wildman–Crippen MR) is 104 cm³/mol. The van der Waals surface area contributed by atoms with E-state index in [2.05, 4.69) is 17.9 Å². The van der Waals surface area contributed by atoms with Gasteiger partial charge in [0.25, 0.3) is 10.1 Å². The Morgan fingerprint density at radius 3 is 2.38 bits per heavy atom. The molecule has 1 aromatic heterocycles. The van der Waals surface area contributed by atoms with Crippen molar-refractivity contribution in [3.63, 3.8) is 0 Å².